The van der Waals surface area contributed by atoms with Crippen LogP contribution in [0.2, 0.25) is 0 Å². The number of hydrogen-bond donors (Lipinski definition) is 3. The highest BCUT2D eigenvalue weighted by Crippen LogP contribution is 2.23. The Morgan fingerprint density at radius 1 is 0.706 bits per heavy atom. The van der Waals surface area contributed by atoms with E-state index in [1.165, 1.54) is 5.56 Å². The minimum Gasteiger partial charge on any atom is -0.340 e. The van der Waals surface area contributed by atoms with Crippen molar-refractivity contribution in [1.82, 2.24) is 9.97 Å². The van der Waals surface area contributed by atoms with Crippen molar-refractivity contribution >= 4 is 38.7 Å². The molecule has 3 N–H and O–H groups in total. The summed E-state index contributed by atoms with van der Waals surface area (Å²) in [7, 11) is -3.65. The zero-order chi connectivity index (χ0) is 24.1. The van der Waals surface area contributed by atoms with Crippen LogP contribution in [0.3, 0.4) is 0 Å². The van der Waals surface area contributed by atoms with E-state index in [0.29, 0.717) is 23.1 Å². The van der Waals surface area contributed by atoms with Crippen LogP contribution in [0.4, 0.5) is 28.7 Å². The van der Waals surface area contributed by atoms with Gasteiger partial charge in [-0.25, -0.2) is 18.4 Å². The molecule has 0 amide bonds. The predicted octanol–water partition coefficient (Wildman–Crippen LogP) is 5.94. The van der Waals surface area contributed by atoms with Gasteiger partial charge in [0, 0.05) is 23.1 Å². The van der Waals surface area contributed by atoms with Crippen molar-refractivity contribution in [2.75, 3.05) is 15.4 Å². The molecule has 0 aliphatic carbocycles. The summed E-state index contributed by atoms with van der Waals surface area (Å²) in [5.74, 6) is 1.93. The first kappa shape index (κ1) is 23.3. The molecule has 0 radical (unpaired) electrons. The standard InChI is InChI=1S/C26H27N5O2S/c1-4-20-7-15-24(16-8-20)34(32,33)31-23-13-11-22(12-14-23)30-26-17-25(27-19(3)28-26)29-21-9-5-18(2)6-10-21/h5-17,31H,4H2,1-3H3,(H2,27,28,29,30). The molecule has 1 heterocycles. The van der Waals surface area contributed by atoms with Crippen molar-refractivity contribution < 1.29 is 8.42 Å². The maximum atomic E-state index is 12.7. The number of nitrogens with one attached hydrogen (secondary N) is 3. The average Bonchev–Trinajstić information content (AvgIpc) is 2.81. The van der Waals surface area contributed by atoms with Gasteiger partial charge < -0.3 is 10.6 Å². The lowest BCUT2D eigenvalue weighted by Gasteiger charge is -2.12. The molecule has 3 aromatic carbocycles. The topological polar surface area (TPSA) is 96.0 Å². The van der Waals surface area contributed by atoms with Gasteiger partial charge in [-0.15, -0.1) is 0 Å². The van der Waals surface area contributed by atoms with Crippen LogP contribution < -0.4 is 15.4 Å². The van der Waals surface area contributed by atoms with Crippen LogP contribution in [0.5, 0.6) is 0 Å². The summed E-state index contributed by atoms with van der Waals surface area (Å²) in [6.07, 6.45) is 0.859. The van der Waals surface area contributed by atoms with Crippen LogP contribution >= 0.6 is 0 Å². The first-order valence-electron chi connectivity index (χ1n) is 11.0. The molecule has 1 aromatic heterocycles. The van der Waals surface area contributed by atoms with E-state index in [1.54, 1.807) is 36.4 Å². The minimum atomic E-state index is -3.65. The van der Waals surface area contributed by atoms with Gasteiger partial charge in [-0.3, -0.25) is 4.72 Å². The molecule has 0 unspecified atom stereocenters. The van der Waals surface area contributed by atoms with Gasteiger partial charge in [0.25, 0.3) is 10.0 Å². The zero-order valence-corrected chi connectivity index (χ0v) is 20.1. The summed E-state index contributed by atoms with van der Waals surface area (Å²) in [5, 5.41) is 6.53. The van der Waals surface area contributed by atoms with E-state index in [0.717, 1.165) is 23.4 Å². The van der Waals surface area contributed by atoms with E-state index < -0.39 is 10.0 Å². The maximum Gasteiger partial charge on any atom is 0.261 e. The number of rotatable bonds is 8. The summed E-state index contributed by atoms with van der Waals surface area (Å²) >= 11 is 0. The van der Waals surface area contributed by atoms with Crippen LogP contribution in [-0.4, -0.2) is 18.4 Å². The van der Waals surface area contributed by atoms with Gasteiger partial charge in [-0.2, -0.15) is 0 Å². The van der Waals surface area contributed by atoms with Crippen molar-refractivity contribution in [3.8, 4) is 0 Å². The Morgan fingerprint density at radius 2 is 1.21 bits per heavy atom. The third-order valence-electron chi connectivity index (χ3n) is 5.21. The van der Waals surface area contributed by atoms with Gasteiger partial charge in [0.15, 0.2) is 0 Å². The third-order valence-corrected chi connectivity index (χ3v) is 6.61. The van der Waals surface area contributed by atoms with Crippen molar-refractivity contribution in [3.05, 3.63) is 95.8 Å². The summed E-state index contributed by atoms with van der Waals surface area (Å²) in [6, 6.07) is 23.8. The number of aromatic nitrogens is 2. The van der Waals surface area contributed by atoms with E-state index in [4.69, 9.17) is 0 Å². The Labute approximate surface area is 200 Å². The molecular weight excluding hydrogens is 446 g/mol. The van der Waals surface area contributed by atoms with E-state index in [-0.39, 0.29) is 4.90 Å². The van der Waals surface area contributed by atoms with Gasteiger partial charge in [-0.05, 0) is 74.4 Å². The molecule has 174 valence electrons. The van der Waals surface area contributed by atoms with Crippen LogP contribution in [0.25, 0.3) is 0 Å². The highest BCUT2D eigenvalue weighted by atomic mass is 32.2. The van der Waals surface area contributed by atoms with Crippen molar-refractivity contribution in [3.63, 3.8) is 0 Å². The van der Waals surface area contributed by atoms with Gasteiger partial charge in [0.1, 0.15) is 17.5 Å². The second-order valence-corrected chi connectivity index (χ2v) is 9.66. The molecule has 0 bridgehead atoms. The molecule has 0 aliphatic heterocycles. The van der Waals surface area contributed by atoms with Gasteiger partial charge in [0.2, 0.25) is 0 Å². The largest absolute Gasteiger partial charge is 0.340 e. The SMILES string of the molecule is CCc1ccc(S(=O)(=O)Nc2ccc(Nc3cc(Nc4ccc(C)cc4)nc(C)n3)cc2)cc1. The smallest absolute Gasteiger partial charge is 0.261 e. The first-order valence-corrected chi connectivity index (χ1v) is 12.5. The van der Waals surface area contributed by atoms with Crippen molar-refractivity contribution in [2.45, 2.75) is 32.1 Å². The average molecular weight is 474 g/mol. The molecule has 0 spiro atoms. The van der Waals surface area contributed by atoms with Gasteiger partial charge >= 0.3 is 0 Å². The molecule has 0 saturated heterocycles. The molecule has 8 heteroatoms. The van der Waals surface area contributed by atoms with E-state index >= 15 is 0 Å². The summed E-state index contributed by atoms with van der Waals surface area (Å²) < 4.78 is 28.0. The van der Waals surface area contributed by atoms with Crippen LogP contribution in [0.1, 0.15) is 23.9 Å². The fourth-order valence-corrected chi connectivity index (χ4v) is 4.43. The summed E-state index contributed by atoms with van der Waals surface area (Å²) in [5.41, 5.74) is 4.47. The second-order valence-electron chi connectivity index (χ2n) is 7.98. The Morgan fingerprint density at radius 3 is 1.74 bits per heavy atom. The fourth-order valence-electron chi connectivity index (χ4n) is 3.37. The second kappa shape index (κ2) is 9.93. The quantitative estimate of drug-likeness (QED) is 0.293. The van der Waals surface area contributed by atoms with Crippen LogP contribution in [0.15, 0.2) is 83.8 Å². The normalized spacial score (nSPS) is 11.1. The summed E-state index contributed by atoms with van der Waals surface area (Å²) in [4.78, 5) is 9.13. The first-order chi connectivity index (χ1) is 16.3. The van der Waals surface area contributed by atoms with E-state index in [2.05, 4.69) is 25.3 Å². The highest BCUT2D eigenvalue weighted by Gasteiger charge is 2.14. The van der Waals surface area contributed by atoms with E-state index in [9.17, 15) is 8.42 Å². The number of anilines is 5. The number of hydrogen-bond acceptors (Lipinski definition) is 6. The molecule has 34 heavy (non-hydrogen) atoms. The molecular formula is C26H27N5O2S. The molecule has 7 nitrogen and oxygen atoms in total. The molecule has 4 aromatic rings. The van der Waals surface area contributed by atoms with Gasteiger partial charge in [0.05, 0.1) is 4.90 Å². The lowest BCUT2D eigenvalue weighted by molar-refractivity contribution is 0.601. The Bertz CT molecular complexity index is 1370. The number of aryl methyl sites for hydroxylation is 3. The number of sulfonamides is 1. The zero-order valence-electron chi connectivity index (χ0n) is 19.3. The molecule has 0 aliphatic rings. The van der Waals surface area contributed by atoms with Crippen LogP contribution in [0, 0.1) is 13.8 Å². The van der Waals surface area contributed by atoms with Crippen molar-refractivity contribution in [2.24, 2.45) is 0 Å². The number of nitrogens with zero attached hydrogens (tertiary/aromatic N) is 2. The lowest BCUT2D eigenvalue weighted by atomic mass is 10.2. The lowest BCUT2D eigenvalue weighted by Crippen LogP contribution is -2.12. The minimum absolute atomic E-state index is 0.233. The highest BCUT2D eigenvalue weighted by molar-refractivity contribution is 7.92. The van der Waals surface area contributed by atoms with E-state index in [1.807, 2.05) is 63.2 Å². The Kier molecular flexibility index (Phi) is 6.79. The van der Waals surface area contributed by atoms with Crippen molar-refractivity contribution in [1.29, 1.82) is 0 Å². The number of benzene rings is 3. The maximum absolute atomic E-state index is 12.7. The molecule has 4 rings (SSSR count). The molecule has 0 atom stereocenters. The predicted molar refractivity (Wildman–Crippen MR) is 138 cm³/mol. The Balaban J connectivity index is 1.45. The summed E-state index contributed by atoms with van der Waals surface area (Å²) in [6.45, 7) is 5.90. The molecule has 0 saturated carbocycles. The monoisotopic (exact) mass is 473 g/mol. The Hall–Kier alpha value is -3.91. The molecule has 0 fully saturated rings. The van der Waals surface area contributed by atoms with Crippen LogP contribution in [-0.2, 0) is 16.4 Å². The fraction of sp³-hybridized carbons (Fsp3) is 0.154. The van der Waals surface area contributed by atoms with Gasteiger partial charge in [-0.1, -0.05) is 36.8 Å². The third kappa shape index (κ3) is 5.90.